The summed E-state index contributed by atoms with van der Waals surface area (Å²) in [4.78, 5) is 17.9. The molecule has 0 amide bonds. The van der Waals surface area contributed by atoms with Crippen LogP contribution in [-0.4, -0.2) is 28.2 Å². The predicted molar refractivity (Wildman–Crippen MR) is 134 cm³/mol. The summed E-state index contributed by atoms with van der Waals surface area (Å²) in [6, 6.07) is 19.4. The van der Waals surface area contributed by atoms with Gasteiger partial charge in [-0.05, 0) is 49.0 Å². The lowest BCUT2D eigenvalue weighted by atomic mass is 10.1. The second kappa shape index (κ2) is 9.61. The van der Waals surface area contributed by atoms with E-state index in [1.54, 1.807) is 6.26 Å². The molecule has 7 nitrogen and oxygen atoms in total. The van der Waals surface area contributed by atoms with Crippen molar-refractivity contribution in [3.63, 3.8) is 0 Å². The standard InChI is InChI=1S/C26H25N3O4S/c1-17(18-6-3-2-4-7-18)27-26(34)29(16-21-8-5-9-31-21)15-20-12-19-13-23-24(33-11-10-32-23)14-22(19)28-25(20)30/h2-9,12-14,17H,10-11,15-16H2,1H3,(H,27,34)(H,28,30). The fraction of sp³-hybridized carbons (Fsp3) is 0.231. The number of thiocarbonyl (C=S) groups is 1. The second-order valence-electron chi connectivity index (χ2n) is 8.22. The number of fused-ring (bicyclic) bond motifs is 2. The zero-order valence-corrected chi connectivity index (χ0v) is 19.6. The number of rotatable bonds is 6. The summed E-state index contributed by atoms with van der Waals surface area (Å²) in [6.45, 7) is 3.80. The number of ether oxygens (including phenoxy) is 2. The van der Waals surface area contributed by atoms with Gasteiger partial charge >= 0.3 is 0 Å². The van der Waals surface area contributed by atoms with Gasteiger partial charge in [0, 0.05) is 17.0 Å². The van der Waals surface area contributed by atoms with Crippen LogP contribution in [0.3, 0.4) is 0 Å². The number of aromatic amines is 1. The first-order valence-electron chi connectivity index (χ1n) is 11.1. The van der Waals surface area contributed by atoms with Crippen molar-refractivity contribution in [1.29, 1.82) is 0 Å². The summed E-state index contributed by atoms with van der Waals surface area (Å²) >= 11 is 5.77. The number of nitrogens with one attached hydrogen (secondary N) is 2. The van der Waals surface area contributed by atoms with Gasteiger partial charge in [-0.15, -0.1) is 0 Å². The van der Waals surface area contributed by atoms with E-state index in [9.17, 15) is 4.79 Å². The highest BCUT2D eigenvalue weighted by Crippen LogP contribution is 2.33. The molecule has 1 unspecified atom stereocenters. The van der Waals surface area contributed by atoms with Crippen molar-refractivity contribution in [2.75, 3.05) is 13.2 Å². The molecule has 5 rings (SSSR count). The van der Waals surface area contributed by atoms with Crippen molar-refractivity contribution >= 4 is 28.2 Å². The maximum absolute atomic E-state index is 13.0. The van der Waals surface area contributed by atoms with Crippen LogP contribution >= 0.6 is 12.2 Å². The molecular formula is C26H25N3O4S. The Labute approximate surface area is 202 Å². The van der Waals surface area contributed by atoms with Crippen molar-refractivity contribution < 1.29 is 13.9 Å². The second-order valence-corrected chi connectivity index (χ2v) is 8.61. The average Bonchev–Trinajstić information content (AvgIpc) is 3.36. The summed E-state index contributed by atoms with van der Waals surface area (Å²) in [5.74, 6) is 2.08. The smallest absolute Gasteiger partial charge is 0.253 e. The van der Waals surface area contributed by atoms with Gasteiger partial charge in [-0.3, -0.25) is 4.79 Å². The van der Waals surface area contributed by atoms with E-state index >= 15 is 0 Å². The largest absolute Gasteiger partial charge is 0.486 e. The first-order valence-corrected chi connectivity index (χ1v) is 11.6. The Morgan fingerprint density at radius 3 is 2.56 bits per heavy atom. The topological polar surface area (TPSA) is 79.7 Å². The molecule has 0 bridgehead atoms. The third-order valence-corrected chi connectivity index (χ3v) is 6.17. The Morgan fingerprint density at radius 2 is 1.82 bits per heavy atom. The van der Waals surface area contributed by atoms with E-state index in [-0.39, 0.29) is 11.6 Å². The Morgan fingerprint density at radius 1 is 1.06 bits per heavy atom. The number of furan rings is 1. The maximum atomic E-state index is 13.0. The minimum atomic E-state index is -0.174. The highest BCUT2D eigenvalue weighted by atomic mass is 32.1. The Bertz CT molecular complexity index is 1350. The van der Waals surface area contributed by atoms with Crippen molar-refractivity contribution in [2.24, 2.45) is 0 Å². The summed E-state index contributed by atoms with van der Waals surface area (Å²) < 4.78 is 16.9. The minimum absolute atomic E-state index is 0.00589. The van der Waals surface area contributed by atoms with Crippen LogP contribution in [0.15, 0.2) is 76.1 Å². The zero-order valence-electron chi connectivity index (χ0n) is 18.7. The number of pyridine rings is 1. The van der Waals surface area contributed by atoms with Crippen LogP contribution in [0, 0.1) is 0 Å². The molecule has 4 aromatic rings. The summed E-state index contributed by atoms with van der Waals surface area (Å²) in [7, 11) is 0. The Kier molecular flexibility index (Phi) is 6.22. The van der Waals surface area contributed by atoms with E-state index in [0.717, 1.165) is 16.7 Å². The monoisotopic (exact) mass is 475 g/mol. The van der Waals surface area contributed by atoms with Crippen molar-refractivity contribution in [1.82, 2.24) is 15.2 Å². The van der Waals surface area contributed by atoms with Crippen molar-refractivity contribution in [3.05, 3.63) is 94.2 Å². The van der Waals surface area contributed by atoms with E-state index in [1.165, 1.54) is 0 Å². The SMILES string of the molecule is CC(NC(=S)N(Cc1ccco1)Cc1cc2cc3c(cc2[nH]c1=O)OCCO3)c1ccccc1. The number of nitrogens with zero attached hydrogens (tertiary/aromatic N) is 1. The molecule has 8 heteroatoms. The molecule has 2 aromatic heterocycles. The van der Waals surface area contributed by atoms with E-state index in [2.05, 4.69) is 29.4 Å². The predicted octanol–water partition coefficient (Wildman–Crippen LogP) is 4.53. The number of hydrogen-bond donors (Lipinski definition) is 2. The van der Waals surface area contributed by atoms with Crippen LogP contribution in [0.1, 0.15) is 29.9 Å². The van der Waals surface area contributed by atoms with Crippen LogP contribution in [-0.2, 0) is 13.1 Å². The van der Waals surface area contributed by atoms with Crippen molar-refractivity contribution in [2.45, 2.75) is 26.1 Å². The normalized spacial score (nSPS) is 13.4. The molecule has 34 heavy (non-hydrogen) atoms. The average molecular weight is 476 g/mol. The van der Waals surface area contributed by atoms with E-state index in [4.69, 9.17) is 26.1 Å². The van der Waals surface area contributed by atoms with Gasteiger partial charge < -0.3 is 29.1 Å². The van der Waals surface area contributed by atoms with Gasteiger partial charge in [0.15, 0.2) is 16.6 Å². The van der Waals surface area contributed by atoms with Gasteiger partial charge in [-0.1, -0.05) is 30.3 Å². The third-order valence-electron chi connectivity index (χ3n) is 5.80. The van der Waals surface area contributed by atoms with Crippen LogP contribution < -0.4 is 20.3 Å². The quantitative estimate of drug-likeness (QED) is 0.397. The summed E-state index contributed by atoms with van der Waals surface area (Å²) in [6.07, 6.45) is 1.63. The first kappa shape index (κ1) is 22.0. The number of benzene rings is 2. The van der Waals surface area contributed by atoms with Gasteiger partial charge in [0.25, 0.3) is 5.56 Å². The Balaban J connectivity index is 1.42. The molecule has 0 saturated carbocycles. The molecule has 2 N–H and O–H groups in total. The number of hydrogen-bond acceptors (Lipinski definition) is 5. The minimum Gasteiger partial charge on any atom is -0.486 e. The molecule has 0 saturated heterocycles. The molecule has 0 aliphatic carbocycles. The highest BCUT2D eigenvalue weighted by Gasteiger charge is 2.19. The lowest BCUT2D eigenvalue weighted by molar-refractivity contribution is 0.172. The molecule has 3 heterocycles. The van der Waals surface area contributed by atoms with Gasteiger partial charge in [0.05, 0.1) is 30.9 Å². The molecule has 2 aromatic carbocycles. The Hall–Kier alpha value is -3.78. The lowest BCUT2D eigenvalue weighted by Gasteiger charge is -2.27. The van der Waals surface area contributed by atoms with Gasteiger partial charge in [-0.25, -0.2) is 0 Å². The molecule has 0 radical (unpaired) electrons. The van der Waals surface area contributed by atoms with Crippen LogP contribution in [0.2, 0.25) is 0 Å². The highest BCUT2D eigenvalue weighted by molar-refractivity contribution is 7.80. The summed E-state index contributed by atoms with van der Waals surface area (Å²) in [5.41, 5.74) is 2.24. The van der Waals surface area contributed by atoms with Crippen LogP contribution in [0.5, 0.6) is 11.5 Å². The van der Waals surface area contributed by atoms with Gasteiger partial charge in [-0.2, -0.15) is 0 Å². The van der Waals surface area contributed by atoms with Crippen molar-refractivity contribution in [3.8, 4) is 11.5 Å². The van der Waals surface area contributed by atoms with Crippen LogP contribution in [0.25, 0.3) is 10.9 Å². The zero-order chi connectivity index (χ0) is 23.5. The third kappa shape index (κ3) is 4.77. The maximum Gasteiger partial charge on any atom is 0.253 e. The van der Waals surface area contributed by atoms with E-state index in [0.29, 0.717) is 54.0 Å². The molecular weight excluding hydrogens is 450 g/mol. The van der Waals surface area contributed by atoms with E-state index < -0.39 is 0 Å². The molecule has 1 aliphatic heterocycles. The molecule has 1 aliphatic rings. The van der Waals surface area contributed by atoms with E-state index in [1.807, 2.05) is 53.4 Å². The summed E-state index contributed by atoms with van der Waals surface area (Å²) in [5, 5.41) is 4.80. The molecule has 0 fully saturated rings. The molecule has 1 atom stereocenters. The van der Waals surface area contributed by atoms with Gasteiger partial charge in [0.2, 0.25) is 0 Å². The molecule has 174 valence electrons. The lowest BCUT2D eigenvalue weighted by Crippen LogP contribution is -2.41. The number of H-pyrrole nitrogens is 1. The first-order chi connectivity index (χ1) is 16.6. The number of aromatic nitrogens is 1. The fourth-order valence-corrected chi connectivity index (χ4v) is 4.31. The fourth-order valence-electron chi connectivity index (χ4n) is 4.00. The molecule has 0 spiro atoms. The van der Waals surface area contributed by atoms with Gasteiger partial charge in [0.1, 0.15) is 19.0 Å². The van der Waals surface area contributed by atoms with Crippen LogP contribution in [0.4, 0.5) is 0 Å².